The molecule has 0 aliphatic heterocycles. The summed E-state index contributed by atoms with van der Waals surface area (Å²) in [6.45, 7) is 3.59. The molecule has 4 nitrogen and oxygen atoms in total. The van der Waals surface area contributed by atoms with Crippen LogP contribution in [0.15, 0.2) is 30.3 Å². The Morgan fingerprint density at radius 3 is 2.74 bits per heavy atom. The van der Waals surface area contributed by atoms with Crippen molar-refractivity contribution in [1.82, 2.24) is 9.78 Å². The second kappa shape index (κ2) is 5.66. The summed E-state index contributed by atoms with van der Waals surface area (Å²) in [4.78, 5) is 12.5. The zero-order valence-corrected chi connectivity index (χ0v) is 13.7. The highest BCUT2D eigenvalue weighted by molar-refractivity contribution is 6.34. The second-order valence-electron chi connectivity index (χ2n) is 5.53. The summed E-state index contributed by atoms with van der Waals surface area (Å²) in [5.74, 6) is -0.851. The van der Waals surface area contributed by atoms with E-state index in [4.69, 9.17) is 11.6 Å². The van der Waals surface area contributed by atoms with E-state index < -0.39 is 11.7 Å². The number of aromatic nitrogens is 2. The first-order valence-electron chi connectivity index (χ1n) is 7.07. The molecule has 0 saturated heterocycles. The topological polar surface area (TPSA) is 46.9 Å². The Kier molecular flexibility index (Phi) is 3.82. The molecule has 0 radical (unpaired) electrons. The van der Waals surface area contributed by atoms with E-state index in [2.05, 4.69) is 10.4 Å². The van der Waals surface area contributed by atoms with Crippen LogP contribution < -0.4 is 5.32 Å². The number of carbonyl (C=O) groups is 1. The van der Waals surface area contributed by atoms with E-state index in [9.17, 15) is 9.18 Å². The van der Waals surface area contributed by atoms with Crippen LogP contribution in [-0.2, 0) is 7.05 Å². The fourth-order valence-corrected chi connectivity index (χ4v) is 2.72. The number of hydrogen-bond donors (Lipinski definition) is 1. The number of benzene rings is 2. The van der Waals surface area contributed by atoms with Crippen LogP contribution in [0.25, 0.3) is 10.9 Å². The van der Waals surface area contributed by atoms with Gasteiger partial charge in [0.25, 0.3) is 5.91 Å². The van der Waals surface area contributed by atoms with Gasteiger partial charge in [0, 0.05) is 12.4 Å². The Morgan fingerprint density at radius 1 is 1.26 bits per heavy atom. The number of halogens is 2. The molecule has 6 heteroatoms. The Morgan fingerprint density at radius 2 is 2.00 bits per heavy atom. The number of nitrogens with zero attached hydrogens (tertiary/aromatic N) is 2. The van der Waals surface area contributed by atoms with Gasteiger partial charge in [-0.3, -0.25) is 9.48 Å². The number of anilines is 1. The predicted octanol–water partition coefficient (Wildman–Crippen LogP) is 4.23. The van der Waals surface area contributed by atoms with Gasteiger partial charge in [-0.05, 0) is 43.2 Å². The number of fused-ring (bicyclic) bond motifs is 1. The minimum Gasteiger partial charge on any atom is -0.319 e. The third-order valence-electron chi connectivity index (χ3n) is 3.72. The summed E-state index contributed by atoms with van der Waals surface area (Å²) in [5, 5.41) is 7.91. The van der Waals surface area contributed by atoms with Gasteiger partial charge in [-0.2, -0.15) is 5.10 Å². The van der Waals surface area contributed by atoms with Crippen LogP contribution in [0.5, 0.6) is 0 Å². The molecule has 1 amide bonds. The number of carbonyl (C=O) groups excluding carboxylic acids is 1. The molecular weight excluding hydrogens is 317 g/mol. The lowest BCUT2D eigenvalue weighted by Gasteiger charge is -2.07. The van der Waals surface area contributed by atoms with E-state index in [1.165, 1.54) is 12.1 Å². The van der Waals surface area contributed by atoms with Crippen LogP contribution >= 0.6 is 11.6 Å². The van der Waals surface area contributed by atoms with Crippen molar-refractivity contribution in [3.63, 3.8) is 0 Å². The number of rotatable bonds is 2. The lowest BCUT2D eigenvalue weighted by atomic mass is 10.1. The summed E-state index contributed by atoms with van der Waals surface area (Å²) >= 11 is 6.07. The SMILES string of the molecule is Cc1ccc2c(C(=O)Nc3cc(F)c(C)cc3Cl)nn(C)c2c1. The smallest absolute Gasteiger partial charge is 0.276 e. The van der Waals surface area contributed by atoms with Crippen molar-refractivity contribution >= 4 is 34.1 Å². The van der Waals surface area contributed by atoms with Crippen molar-refractivity contribution in [1.29, 1.82) is 0 Å². The molecule has 0 aliphatic rings. The van der Waals surface area contributed by atoms with Gasteiger partial charge in [0.15, 0.2) is 5.69 Å². The molecule has 23 heavy (non-hydrogen) atoms. The number of aryl methyl sites for hydroxylation is 3. The molecule has 0 fully saturated rings. The summed E-state index contributed by atoms with van der Waals surface area (Å²) in [6.07, 6.45) is 0. The maximum absolute atomic E-state index is 13.7. The highest BCUT2D eigenvalue weighted by Gasteiger charge is 2.18. The molecule has 0 aliphatic carbocycles. The Labute approximate surface area is 137 Å². The highest BCUT2D eigenvalue weighted by Crippen LogP contribution is 2.27. The molecule has 1 heterocycles. The van der Waals surface area contributed by atoms with E-state index in [-0.39, 0.29) is 16.4 Å². The van der Waals surface area contributed by atoms with Gasteiger partial charge in [-0.1, -0.05) is 23.7 Å². The minimum absolute atomic E-state index is 0.227. The standard InChI is InChI=1S/C17H15ClFN3O/c1-9-4-5-11-15(6-9)22(3)21-16(11)17(23)20-14-8-13(19)10(2)7-12(14)18/h4-8H,1-3H3,(H,20,23). The van der Waals surface area contributed by atoms with E-state index >= 15 is 0 Å². The fourth-order valence-electron chi connectivity index (χ4n) is 2.46. The molecule has 1 N–H and O–H groups in total. The lowest BCUT2D eigenvalue weighted by Crippen LogP contribution is -2.14. The van der Waals surface area contributed by atoms with Crippen molar-refractivity contribution in [3.05, 3.63) is 58.0 Å². The summed E-state index contributed by atoms with van der Waals surface area (Å²) in [5.41, 5.74) is 2.87. The normalized spacial score (nSPS) is 11.0. The first-order chi connectivity index (χ1) is 10.9. The molecule has 3 aromatic rings. The average Bonchev–Trinajstić information content (AvgIpc) is 2.81. The van der Waals surface area contributed by atoms with Gasteiger partial charge in [-0.25, -0.2) is 4.39 Å². The van der Waals surface area contributed by atoms with Crippen LogP contribution in [-0.4, -0.2) is 15.7 Å². The largest absolute Gasteiger partial charge is 0.319 e. The van der Waals surface area contributed by atoms with Crippen molar-refractivity contribution in [2.24, 2.45) is 7.05 Å². The zero-order chi connectivity index (χ0) is 16.7. The molecule has 0 bridgehead atoms. The molecule has 0 unspecified atom stereocenters. The molecule has 1 aromatic heterocycles. The Bertz CT molecular complexity index is 933. The second-order valence-corrected chi connectivity index (χ2v) is 5.94. The van der Waals surface area contributed by atoms with Crippen LogP contribution in [0.4, 0.5) is 10.1 Å². The van der Waals surface area contributed by atoms with Crippen LogP contribution in [0.3, 0.4) is 0 Å². The number of amides is 1. The summed E-state index contributed by atoms with van der Waals surface area (Å²) < 4.78 is 15.3. The number of hydrogen-bond acceptors (Lipinski definition) is 2. The van der Waals surface area contributed by atoms with E-state index in [1.54, 1.807) is 18.7 Å². The Balaban J connectivity index is 2.00. The predicted molar refractivity (Wildman–Crippen MR) is 89.6 cm³/mol. The maximum atomic E-state index is 13.7. The van der Waals surface area contributed by atoms with Gasteiger partial charge in [0.1, 0.15) is 5.82 Å². The quantitative estimate of drug-likeness (QED) is 0.763. The van der Waals surface area contributed by atoms with Crippen LogP contribution in [0.1, 0.15) is 21.6 Å². The molecule has 3 rings (SSSR count). The third-order valence-corrected chi connectivity index (χ3v) is 4.03. The molecular formula is C17H15ClFN3O. The first kappa shape index (κ1) is 15.5. The van der Waals surface area contributed by atoms with E-state index in [1.807, 2.05) is 25.1 Å². The van der Waals surface area contributed by atoms with Crippen LogP contribution in [0, 0.1) is 19.7 Å². The molecule has 2 aromatic carbocycles. The third kappa shape index (κ3) is 2.80. The average molecular weight is 332 g/mol. The Hall–Kier alpha value is -2.40. The highest BCUT2D eigenvalue weighted by atomic mass is 35.5. The number of nitrogens with one attached hydrogen (secondary N) is 1. The van der Waals surface area contributed by atoms with Gasteiger partial charge >= 0.3 is 0 Å². The first-order valence-corrected chi connectivity index (χ1v) is 7.45. The van der Waals surface area contributed by atoms with Gasteiger partial charge in [0.2, 0.25) is 0 Å². The summed E-state index contributed by atoms with van der Waals surface area (Å²) in [7, 11) is 1.77. The zero-order valence-electron chi connectivity index (χ0n) is 12.9. The van der Waals surface area contributed by atoms with Crippen LogP contribution in [0.2, 0.25) is 5.02 Å². The van der Waals surface area contributed by atoms with Crippen molar-refractivity contribution < 1.29 is 9.18 Å². The lowest BCUT2D eigenvalue weighted by molar-refractivity contribution is 0.102. The molecule has 0 atom stereocenters. The fraction of sp³-hybridized carbons (Fsp3) is 0.176. The van der Waals surface area contributed by atoms with Gasteiger partial charge in [-0.15, -0.1) is 0 Å². The van der Waals surface area contributed by atoms with E-state index in [0.717, 1.165) is 16.5 Å². The summed E-state index contributed by atoms with van der Waals surface area (Å²) in [6, 6.07) is 8.41. The molecule has 0 saturated carbocycles. The maximum Gasteiger partial charge on any atom is 0.276 e. The van der Waals surface area contributed by atoms with Crippen molar-refractivity contribution in [3.8, 4) is 0 Å². The van der Waals surface area contributed by atoms with Crippen molar-refractivity contribution in [2.45, 2.75) is 13.8 Å². The molecule has 0 spiro atoms. The van der Waals surface area contributed by atoms with Crippen molar-refractivity contribution in [2.75, 3.05) is 5.32 Å². The molecule has 118 valence electrons. The van der Waals surface area contributed by atoms with Gasteiger partial charge in [0.05, 0.1) is 16.2 Å². The minimum atomic E-state index is -0.426. The monoisotopic (exact) mass is 331 g/mol. The van der Waals surface area contributed by atoms with E-state index in [0.29, 0.717) is 5.56 Å². The van der Waals surface area contributed by atoms with Gasteiger partial charge < -0.3 is 5.32 Å².